The van der Waals surface area contributed by atoms with Gasteiger partial charge in [0.15, 0.2) is 8.32 Å². The first-order valence-electron chi connectivity index (χ1n) is 10.4. The molecule has 1 aromatic carbocycles. The van der Waals surface area contributed by atoms with Crippen molar-refractivity contribution in [1.82, 2.24) is 0 Å². The first-order valence-corrected chi connectivity index (χ1v) is 13.3. The molecule has 0 aromatic heterocycles. The molecule has 0 saturated carbocycles. The molecular formula is C22H37BO3Si. The van der Waals surface area contributed by atoms with Gasteiger partial charge in [0.1, 0.15) is 0 Å². The summed E-state index contributed by atoms with van der Waals surface area (Å²) in [4.78, 5) is 0. The Labute approximate surface area is 167 Å². The van der Waals surface area contributed by atoms with Crippen LogP contribution in [0.5, 0.6) is 0 Å². The second-order valence-electron chi connectivity index (χ2n) is 10.8. The topological polar surface area (TPSA) is 27.7 Å². The fourth-order valence-corrected chi connectivity index (χ4v) is 4.49. The molecule has 2 aliphatic rings. The Balaban J connectivity index is 1.88. The molecule has 1 aliphatic carbocycles. The summed E-state index contributed by atoms with van der Waals surface area (Å²) in [7, 11) is -2.08. The molecule has 5 heteroatoms. The number of fused-ring (bicyclic) bond motifs is 1. The second-order valence-corrected chi connectivity index (χ2v) is 15.6. The van der Waals surface area contributed by atoms with Crippen LogP contribution in [0.3, 0.4) is 0 Å². The molecule has 3 rings (SSSR count). The van der Waals surface area contributed by atoms with Crippen molar-refractivity contribution in [1.29, 1.82) is 0 Å². The third kappa shape index (κ3) is 3.94. The molecule has 1 saturated heterocycles. The van der Waals surface area contributed by atoms with Gasteiger partial charge in [-0.3, -0.25) is 0 Å². The highest BCUT2D eigenvalue weighted by atomic mass is 28.4. The van der Waals surface area contributed by atoms with E-state index in [2.05, 4.69) is 73.7 Å². The number of benzene rings is 1. The monoisotopic (exact) mass is 388 g/mol. The third-order valence-corrected chi connectivity index (χ3v) is 11.7. The predicted octanol–water partition coefficient (Wildman–Crippen LogP) is 5.00. The van der Waals surface area contributed by atoms with Gasteiger partial charge in [-0.25, -0.2) is 0 Å². The summed E-state index contributed by atoms with van der Waals surface area (Å²) in [5, 5.41) is 0.222. The van der Waals surface area contributed by atoms with Gasteiger partial charge >= 0.3 is 7.12 Å². The van der Waals surface area contributed by atoms with Gasteiger partial charge in [0, 0.05) is 0 Å². The van der Waals surface area contributed by atoms with Gasteiger partial charge in [-0.05, 0) is 87.2 Å². The maximum atomic E-state index is 6.56. The van der Waals surface area contributed by atoms with Crippen LogP contribution < -0.4 is 5.46 Å². The Morgan fingerprint density at radius 2 is 1.63 bits per heavy atom. The van der Waals surface area contributed by atoms with Crippen LogP contribution >= 0.6 is 0 Å². The SMILES string of the molecule is CC1(C)OB(c2cc3c(c(CO[Si](C)(C)C(C)(C)C)c2)CCC3)OC1(C)C. The fraction of sp³-hybridized carbons (Fsp3) is 0.727. The van der Waals surface area contributed by atoms with Crippen LogP contribution in [0.1, 0.15) is 71.6 Å². The van der Waals surface area contributed by atoms with E-state index in [4.69, 9.17) is 13.7 Å². The molecule has 27 heavy (non-hydrogen) atoms. The maximum Gasteiger partial charge on any atom is 0.494 e. The summed E-state index contributed by atoms with van der Waals surface area (Å²) >= 11 is 0. The minimum atomic E-state index is -1.78. The van der Waals surface area contributed by atoms with E-state index in [1.165, 1.54) is 23.1 Å². The van der Waals surface area contributed by atoms with E-state index < -0.39 is 8.32 Å². The van der Waals surface area contributed by atoms with Gasteiger partial charge in [0.2, 0.25) is 0 Å². The van der Waals surface area contributed by atoms with Crippen LogP contribution in [0.2, 0.25) is 18.1 Å². The molecule has 0 spiro atoms. The van der Waals surface area contributed by atoms with Crippen LogP contribution in [-0.4, -0.2) is 26.6 Å². The quantitative estimate of drug-likeness (QED) is 0.680. The van der Waals surface area contributed by atoms with E-state index in [0.29, 0.717) is 6.61 Å². The Hall–Kier alpha value is -0.618. The van der Waals surface area contributed by atoms with Crippen LogP contribution in [0.25, 0.3) is 0 Å². The molecule has 1 aliphatic heterocycles. The van der Waals surface area contributed by atoms with Crippen molar-refractivity contribution >= 4 is 20.9 Å². The Kier molecular flexibility index (Phi) is 5.25. The standard InChI is InChI=1S/C22H37BO3Si/c1-20(2,3)27(8,9)24-15-17-14-18(13-16-11-10-12-19(16)17)23-25-21(4,5)22(6,7)26-23/h13-14H,10-12,15H2,1-9H3. The molecule has 0 atom stereocenters. The van der Waals surface area contributed by atoms with Crippen molar-refractivity contribution in [2.75, 3.05) is 0 Å². The molecular weight excluding hydrogens is 351 g/mol. The number of hydrogen-bond donors (Lipinski definition) is 0. The molecule has 3 nitrogen and oxygen atoms in total. The first kappa shape index (κ1) is 21.1. The summed E-state index contributed by atoms with van der Waals surface area (Å²) in [6.45, 7) is 20.7. The Bertz CT molecular complexity index is 703. The zero-order valence-corrected chi connectivity index (χ0v) is 19.8. The van der Waals surface area contributed by atoms with E-state index in [1.807, 2.05) is 0 Å². The Morgan fingerprint density at radius 1 is 1.04 bits per heavy atom. The molecule has 1 aromatic rings. The van der Waals surface area contributed by atoms with Gasteiger partial charge in [-0.15, -0.1) is 0 Å². The zero-order chi connectivity index (χ0) is 20.3. The molecule has 0 radical (unpaired) electrons. The minimum absolute atomic E-state index is 0.222. The fourth-order valence-electron chi connectivity index (χ4n) is 3.54. The normalized spacial score (nSPS) is 21.6. The Morgan fingerprint density at radius 3 is 2.19 bits per heavy atom. The largest absolute Gasteiger partial charge is 0.494 e. The van der Waals surface area contributed by atoms with Crippen LogP contribution in [0, 0.1) is 0 Å². The molecule has 0 unspecified atom stereocenters. The van der Waals surface area contributed by atoms with Gasteiger partial charge in [0.25, 0.3) is 0 Å². The van der Waals surface area contributed by atoms with Crippen molar-refractivity contribution in [3.63, 3.8) is 0 Å². The second kappa shape index (κ2) is 6.72. The lowest BCUT2D eigenvalue weighted by molar-refractivity contribution is 0.00578. The van der Waals surface area contributed by atoms with Gasteiger partial charge in [0.05, 0.1) is 17.8 Å². The number of hydrogen-bond acceptors (Lipinski definition) is 3. The van der Waals surface area contributed by atoms with Gasteiger partial charge < -0.3 is 13.7 Å². The summed E-state index contributed by atoms with van der Waals surface area (Å²) in [5.41, 5.74) is 4.80. The summed E-state index contributed by atoms with van der Waals surface area (Å²) in [5.74, 6) is 0. The van der Waals surface area contributed by atoms with Crippen molar-refractivity contribution in [3.8, 4) is 0 Å². The predicted molar refractivity (Wildman–Crippen MR) is 116 cm³/mol. The number of aryl methyl sites for hydroxylation is 1. The van der Waals surface area contributed by atoms with Crippen LogP contribution in [-0.2, 0) is 33.2 Å². The smallest absolute Gasteiger partial charge is 0.413 e. The molecule has 0 N–H and O–H groups in total. The van der Waals surface area contributed by atoms with Crippen LogP contribution in [0.4, 0.5) is 0 Å². The third-order valence-electron chi connectivity index (χ3n) is 7.25. The highest BCUT2D eigenvalue weighted by molar-refractivity contribution is 6.74. The molecule has 1 fully saturated rings. The first-order chi connectivity index (χ1) is 12.2. The summed E-state index contributed by atoms with van der Waals surface area (Å²) in [6, 6.07) is 4.58. The van der Waals surface area contributed by atoms with E-state index in [1.54, 1.807) is 0 Å². The van der Waals surface area contributed by atoms with Crippen molar-refractivity contribution in [2.45, 2.75) is 104 Å². The van der Waals surface area contributed by atoms with E-state index in [9.17, 15) is 0 Å². The van der Waals surface area contributed by atoms with Gasteiger partial charge in [-0.2, -0.15) is 0 Å². The molecule has 0 bridgehead atoms. The lowest BCUT2D eigenvalue weighted by atomic mass is 9.76. The van der Waals surface area contributed by atoms with Crippen molar-refractivity contribution in [2.24, 2.45) is 0 Å². The lowest BCUT2D eigenvalue weighted by Crippen LogP contribution is -2.41. The van der Waals surface area contributed by atoms with Crippen LogP contribution in [0.15, 0.2) is 12.1 Å². The highest BCUT2D eigenvalue weighted by Gasteiger charge is 2.52. The maximum absolute atomic E-state index is 6.56. The average Bonchev–Trinajstić information content (AvgIpc) is 3.06. The van der Waals surface area contributed by atoms with E-state index >= 15 is 0 Å². The average molecular weight is 388 g/mol. The van der Waals surface area contributed by atoms with E-state index in [-0.39, 0.29) is 23.4 Å². The molecule has 1 heterocycles. The van der Waals surface area contributed by atoms with Crippen molar-refractivity contribution in [3.05, 3.63) is 28.8 Å². The van der Waals surface area contributed by atoms with E-state index in [0.717, 1.165) is 18.3 Å². The number of rotatable bonds is 4. The van der Waals surface area contributed by atoms with Gasteiger partial charge in [-0.1, -0.05) is 32.9 Å². The minimum Gasteiger partial charge on any atom is -0.413 e. The molecule has 0 amide bonds. The summed E-state index contributed by atoms with van der Waals surface area (Å²) < 4.78 is 19.2. The lowest BCUT2D eigenvalue weighted by Gasteiger charge is -2.36. The zero-order valence-electron chi connectivity index (χ0n) is 18.8. The van der Waals surface area contributed by atoms with Crippen molar-refractivity contribution < 1.29 is 13.7 Å². The summed E-state index contributed by atoms with van der Waals surface area (Å²) in [6.07, 6.45) is 3.54. The molecule has 150 valence electrons. The highest BCUT2D eigenvalue weighted by Crippen LogP contribution is 2.39.